The van der Waals surface area contributed by atoms with Crippen molar-refractivity contribution in [3.05, 3.63) is 63.8 Å². The third kappa shape index (κ3) is 3.05. The predicted molar refractivity (Wildman–Crippen MR) is 101 cm³/mol. The Balaban J connectivity index is 1.56. The highest BCUT2D eigenvalue weighted by Gasteiger charge is 2.10. The highest BCUT2D eigenvalue weighted by atomic mass is 79.9. The first-order chi connectivity index (χ1) is 11.7. The molecule has 0 aliphatic rings. The standard InChI is InChI=1S/C17H14BrN5S/c1-11-19-14-4-2-3-5-15(14)23(11)10-16-21-22-17(24-16)20-13-8-6-12(18)7-9-13/h2-9H,10H2,1H3,(H,20,22). The van der Waals surface area contributed by atoms with Crippen LogP contribution in [0.2, 0.25) is 0 Å². The molecule has 4 aromatic rings. The number of fused-ring (bicyclic) bond motifs is 1. The molecule has 1 N–H and O–H groups in total. The number of rotatable bonds is 4. The highest BCUT2D eigenvalue weighted by molar-refractivity contribution is 9.10. The maximum Gasteiger partial charge on any atom is 0.210 e. The van der Waals surface area contributed by atoms with Crippen LogP contribution in [0.15, 0.2) is 53.0 Å². The molecule has 2 heterocycles. The molecule has 0 amide bonds. The molecule has 5 nitrogen and oxygen atoms in total. The third-order valence-corrected chi connectivity index (χ3v) is 5.05. The van der Waals surface area contributed by atoms with Crippen molar-refractivity contribution in [2.45, 2.75) is 13.5 Å². The van der Waals surface area contributed by atoms with E-state index in [2.05, 4.69) is 47.1 Å². The number of aromatic nitrogens is 4. The zero-order chi connectivity index (χ0) is 16.5. The number of nitrogens with zero attached hydrogens (tertiary/aromatic N) is 4. The number of benzene rings is 2. The summed E-state index contributed by atoms with van der Waals surface area (Å²) in [6.45, 7) is 2.69. The van der Waals surface area contributed by atoms with E-state index in [4.69, 9.17) is 0 Å². The van der Waals surface area contributed by atoms with E-state index in [9.17, 15) is 0 Å². The molecule has 120 valence electrons. The van der Waals surface area contributed by atoms with Crippen LogP contribution in [0, 0.1) is 6.92 Å². The molecule has 0 fully saturated rings. The van der Waals surface area contributed by atoms with Crippen molar-refractivity contribution in [3.8, 4) is 0 Å². The SMILES string of the molecule is Cc1nc2ccccc2n1Cc1nnc(Nc2ccc(Br)cc2)s1. The van der Waals surface area contributed by atoms with Gasteiger partial charge in [-0.25, -0.2) is 4.98 Å². The fourth-order valence-electron chi connectivity index (χ4n) is 2.56. The van der Waals surface area contributed by atoms with Crippen molar-refractivity contribution >= 4 is 49.1 Å². The van der Waals surface area contributed by atoms with Gasteiger partial charge in [0.25, 0.3) is 0 Å². The smallest absolute Gasteiger partial charge is 0.210 e. The van der Waals surface area contributed by atoms with Crippen LogP contribution in [0.25, 0.3) is 11.0 Å². The van der Waals surface area contributed by atoms with Crippen LogP contribution in [0.5, 0.6) is 0 Å². The monoisotopic (exact) mass is 399 g/mol. The van der Waals surface area contributed by atoms with Crippen LogP contribution in [-0.2, 0) is 6.54 Å². The van der Waals surface area contributed by atoms with Gasteiger partial charge in [0.1, 0.15) is 10.8 Å². The van der Waals surface area contributed by atoms with Crippen LogP contribution in [0.1, 0.15) is 10.8 Å². The number of hydrogen-bond acceptors (Lipinski definition) is 5. The summed E-state index contributed by atoms with van der Waals surface area (Å²) >= 11 is 4.99. The second-order valence-electron chi connectivity index (χ2n) is 5.37. The zero-order valence-corrected chi connectivity index (χ0v) is 15.3. The minimum Gasteiger partial charge on any atom is -0.330 e. The van der Waals surface area contributed by atoms with Crippen molar-refractivity contribution in [1.29, 1.82) is 0 Å². The molecule has 0 spiro atoms. The van der Waals surface area contributed by atoms with Gasteiger partial charge < -0.3 is 9.88 Å². The number of hydrogen-bond donors (Lipinski definition) is 1. The fraction of sp³-hybridized carbons (Fsp3) is 0.118. The van der Waals surface area contributed by atoms with Crippen molar-refractivity contribution < 1.29 is 0 Å². The van der Waals surface area contributed by atoms with Crippen LogP contribution < -0.4 is 5.32 Å². The first kappa shape index (κ1) is 15.3. The van der Waals surface area contributed by atoms with E-state index in [-0.39, 0.29) is 0 Å². The summed E-state index contributed by atoms with van der Waals surface area (Å²) in [4.78, 5) is 4.59. The molecule has 0 aliphatic heterocycles. The number of nitrogens with one attached hydrogen (secondary N) is 1. The van der Waals surface area contributed by atoms with E-state index < -0.39 is 0 Å². The molecule has 0 atom stereocenters. The Hall–Kier alpha value is -2.25. The lowest BCUT2D eigenvalue weighted by molar-refractivity contribution is 0.768. The Morgan fingerprint density at radius 3 is 2.71 bits per heavy atom. The largest absolute Gasteiger partial charge is 0.330 e. The molecule has 0 saturated heterocycles. The minimum atomic E-state index is 0.673. The molecule has 0 unspecified atom stereocenters. The average molecular weight is 400 g/mol. The molecule has 0 saturated carbocycles. The quantitative estimate of drug-likeness (QED) is 0.537. The molecule has 4 rings (SSSR count). The Labute approximate surface area is 151 Å². The molecule has 2 aromatic carbocycles. The summed E-state index contributed by atoms with van der Waals surface area (Å²) < 4.78 is 3.22. The van der Waals surface area contributed by atoms with Crippen molar-refractivity contribution in [2.24, 2.45) is 0 Å². The van der Waals surface area contributed by atoms with E-state index in [1.165, 1.54) is 0 Å². The lowest BCUT2D eigenvalue weighted by Gasteiger charge is -2.03. The second kappa shape index (κ2) is 6.33. The van der Waals surface area contributed by atoms with Gasteiger partial charge in [0.2, 0.25) is 5.13 Å². The first-order valence-corrected chi connectivity index (χ1v) is 9.07. The molecular formula is C17H14BrN5S. The predicted octanol–water partition coefficient (Wildman–Crippen LogP) is 4.75. The number of anilines is 2. The fourth-order valence-corrected chi connectivity index (χ4v) is 3.57. The topological polar surface area (TPSA) is 55.6 Å². The van der Waals surface area contributed by atoms with Crippen LogP contribution in [0.3, 0.4) is 0 Å². The molecule has 24 heavy (non-hydrogen) atoms. The Kier molecular flexibility index (Phi) is 4.03. The van der Waals surface area contributed by atoms with Crippen molar-refractivity contribution in [2.75, 3.05) is 5.32 Å². The van der Waals surface area contributed by atoms with Gasteiger partial charge in [-0.15, -0.1) is 10.2 Å². The molecule has 2 aromatic heterocycles. The zero-order valence-electron chi connectivity index (χ0n) is 12.9. The number of aryl methyl sites for hydroxylation is 1. The van der Waals surface area contributed by atoms with Gasteiger partial charge in [0, 0.05) is 10.2 Å². The molecular weight excluding hydrogens is 386 g/mol. The third-order valence-electron chi connectivity index (χ3n) is 3.70. The number of para-hydroxylation sites is 2. The van der Waals surface area contributed by atoms with Crippen LogP contribution in [0.4, 0.5) is 10.8 Å². The summed E-state index contributed by atoms with van der Waals surface area (Å²) in [6.07, 6.45) is 0. The summed E-state index contributed by atoms with van der Waals surface area (Å²) in [6, 6.07) is 16.1. The van der Waals surface area contributed by atoms with Gasteiger partial charge in [-0.1, -0.05) is 39.4 Å². The Morgan fingerprint density at radius 2 is 1.88 bits per heavy atom. The minimum absolute atomic E-state index is 0.673. The van der Waals surface area contributed by atoms with Gasteiger partial charge >= 0.3 is 0 Å². The molecule has 7 heteroatoms. The van der Waals surface area contributed by atoms with Gasteiger partial charge in [-0.05, 0) is 43.3 Å². The second-order valence-corrected chi connectivity index (χ2v) is 7.34. The van der Waals surface area contributed by atoms with E-state index in [0.717, 1.165) is 37.2 Å². The van der Waals surface area contributed by atoms with Gasteiger partial charge in [-0.3, -0.25) is 0 Å². The van der Waals surface area contributed by atoms with E-state index >= 15 is 0 Å². The van der Waals surface area contributed by atoms with Crippen LogP contribution >= 0.6 is 27.3 Å². The van der Waals surface area contributed by atoms with Crippen molar-refractivity contribution in [3.63, 3.8) is 0 Å². The van der Waals surface area contributed by atoms with Crippen LogP contribution in [-0.4, -0.2) is 19.7 Å². The summed E-state index contributed by atoms with van der Waals surface area (Å²) in [5, 5.41) is 13.6. The lowest BCUT2D eigenvalue weighted by Crippen LogP contribution is -2.01. The summed E-state index contributed by atoms with van der Waals surface area (Å²) in [7, 11) is 0. The maximum atomic E-state index is 4.59. The average Bonchev–Trinajstić information content (AvgIpc) is 3.15. The normalized spacial score (nSPS) is 11.1. The van der Waals surface area contributed by atoms with E-state index in [0.29, 0.717) is 6.54 Å². The number of halogens is 1. The first-order valence-electron chi connectivity index (χ1n) is 7.46. The van der Waals surface area contributed by atoms with E-state index in [1.807, 2.05) is 49.4 Å². The summed E-state index contributed by atoms with van der Waals surface area (Å²) in [5.41, 5.74) is 3.12. The van der Waals surface area contributed by atoms with Crippen molar-refractivity contribution in [1.82, 2.24) is 19.7 Å². The van der Waals surface area contributed by atoms with Gasteiger partial charge in [-0.2, -0.15) is 0 Å². The van der Waals surface area contributed by atoms with Gasteiger partial charge in [0.15, 0.2) is 0 Å². The van der Waals surface area contributed by atoms with E-state index in [1.54, 1.807) is 11.3 Å². The molecule has 0 radical (unpaired) electrons. The number of imidazole rings is 1. The van der Waals surface area contributed by atoms with Gasteiger partial charge in [0.05, 0.1) is 17.6 Å². The maximum absolute atomic E-state index is 4.59. The summed E-state index contributed by atoms with van der Waals surface area (Å²) in [5.74, 6) is 0.980. The molecule has 0 bridgehead atoms. The Bertz CT molecular complexity index is 990. The molecule has 0 aliphatic carbocycles. The highest BCUT2D eigenvalue weighted by Crippen LogP contribution is 2.24. The Morgan fingerprint density at radius 1 is 1.08 bits per heavy atom. The lowest BCUT2D eigenvalue weighted by atomic mass is 10.3.